The van der Waals surface area contributed by atoms with E-state index in [2.05, 4.69) is 17.2 Å². The third-order valence-corrected chi connectivity index (χ3v) is 7.09. The molecule has 5 rings (SSSR count). The molecule has 0 aromatic carbocycles. The topological polar surface area (TPSA) is 90.1 Å². The number of aromatic nitrogens is 2. The van der Waals surface area contributed by atoms with E-state index >= 15 is 0 Å². The number of imidazole rings is 1. The first-order valence-corrected chi connectivity index (χ1v) is 9.86. The lowest BCUT2D eigenvalue weighted by Crippen LogP contribution is -2.57. The maximum atomic E-state index is 12.7. The molecule has 1 aromatic rings. The summed E-state index contributed by atoms with van der Waals surface area (Å²) in [6, 6.07) is 0.172. The Morgan fingerprint density at radius 2 is 1.92 bits per heavy atom. The molecule has 1 unspecified atom stereocenters. The molecular formula is C19H28N4O3. The van der Waals surface area contributed by atoms with Gasteiger partial charge in [0.05, 0.1) is 0 Å². The number of nitrogens with one attached hydrogen (secondary N) is 1. The first-order chi connectivity index (χ1) is 12.4. The lowest BCUT2D eigenvalue weighted by molar-refractivity contribution is -0.392. The summed E-state index contributed by atoms with van der Waals surface area (Å²) in [5, 5.41) is 14.4. The molecule has 0 spiro atoms. The van der Waals surface area contributed by atoms with Gasteiger partial charge in [-0.15, -0.1) is 0 Å². The van der Waals surface area contributed by atoms with Crippen molar-refractivity contribution >= 4 is 11.7 Å². The summed E-state index contributed by atoms with van der Waals surface area (Å²) in [5.74, 6) is 2.74. The van der Waals surface area contributed by atoms with Gasteiger partial charge in [0.1, 0.15) is 6.20 Å². The Bertz CT molecular complexity index is 691. The average Bonchev–Trinajstić information content (AvgIpc) is 2.92. The molecule has 0 aliphatic heterocycles. The van der Waals surface area contributed by atoms with Crippen LogP contribution in [0.25, 0.3) is 0 Å². The molecule has 4 aliphatic rings. The maximum Gasteiger partial charge on any atom is 0.343 e. The molecule has 1 N–H and O–H groups in total. The molecule has 0 saturated heterocycles. The summed E-state index contributed by atoms with van der Waals surface area (Å²) < 4.78 is 1.39. The molecule has 1 amide bonds. The van der Waals surface area contributed by atoms with Crippen LogP contribution in [0.2, 0.25) is 0 Å². The fourth-order valence-electron chi connectivity index (χ4n) is 6.47. The first-order valence-electron chi connectivity index (χ1n) is 9.86. The minimum Gasteiger partial charge on any atom is -0.358 e. The third-order valence-electron chi connectivity index (χ3n) is 7.09. The molecule has 4 saturated carbocycles. The fourth-order valence-corrected chi connectivity index (χ4v) is 6.47. The Hall–Kier alpha value is -1.92. The van der Waals surface area contributed by atoms with Crippen LogP contribution in [0.5, 0.6) is 0 Å². The summed E-state index contributed by atoms with van der Waals surface area (Å²) in [6.07, 6.45) is 9.99. The standard InChI is InChI=1S/C19H28N4O3/c1-3-16(19-7-13-4-14(8-19)6-15(5-13)9-19)21-17(24)11-22-12(2)20-10-18(22)23(25)26/h10,13-16H,3-9,11H2,1-2H3,(H,21,24). The summed E-state index contributed by atoms with van der Waals surface area (Å²) in [6.45, 7) is 3.80. The first kappa shape index (κ1) is 17.5. The number of hydrogen-bond donors (Lipinski definition) is 1. The van der Waals surface area contributed by atoms with Gasteiger partial charge in [-0.2, -0.15) is 0 Å². The van der Waals surface area contributed by atoms with Gasteiger partial charge in [0.25, 0.3) is 5.91 Å². The van der Waals surface area contributed by atoms with Crippen molar-refractivity contribution in [1.29, 1.82) is 0 Å². The number of nitrogens with zero attached hydrogens (tertiary/aromatic N) is 3. The normalized spacial score (nSPS) is 33.2. The Labute approximate surface area is 153 Å². The minimum atomic E-state index is -0.482. The predicted octanol–water partition coefficient (Wildman–Crippen LogP) is 3.21. The monoisotopic (exact) mass is 360 g/mol. The number of amides is 1. The van der Waals surface area contributed by atoms with Crippen molar-refractivity contribution in [2.24, 2.45) is 23.2 Å². The SMILES string of the molecule is CCC(NC(=O)Cn1c([N+](=O)[O-])cnc1C)C12CC3CC(CC(C3)C1)C2. The molecule has 26 heavy (non-hydrogen) atoms. The summed E-state index contributed by atoms with van der Waals surface area (Å²) in [5.41, 5.74) is 0.245. The highest BCUT2D eigenvalue weighted by atomic mass is 16.6. The molecule has 142 valence electrons. The Kier molecular flexibility index (Phi) is 4.28. The van der Waals surface area contributed by atoms with Crippen LogP contribution in [0.3, 0.4) is 0 Å². The summed E-state index contributed by atoms with van der Waals surface area (Å²) >= 11 is 0. The summed E-state index contributed by atoms with van der Waals surface area (Å²) in [7, 11) is 0. The van der Waals surface area contributed by atoms with Crippen LogP contribution in [0.4, 0.5) is 5.82 Å². The van der Waals surface area contributed by atoms with Crippen LogP contribution in [-0.4, -0.2) is 26.4 Å². The molecule has 1 aromatic heterocycles. The van der Waals surface area contributed by atoms with Crippen LogP contribution in [-0.2, 0) is 11.3 Å². The average molecular weight is 360 g/mol. The van der Waals surface area contributed by atoms with Gasteiger partial charge < -0.3 is 15.4 Å². The maximum absolute atomic E-state index is 12.7. The van der Waals surface area contributed by atoms with Crippen molar-refractivity contribution in [3.8, 4) is 0 Å². The lowest BCUT2D eigenvalue weighted by Gasteiger charge is -2.59. The van der Waals surface area contributed by atoms with Gasteiger partial charge in [0.15, 0.2) is 12.4 Å². The molecule has 0 radical (unpaired) electrons. The molecular weight excluding hydrogens is 332 g/mol. The van der Waals surface area contributed by atoms with E-state index in [0.717, 1.165) is 24.2 Å². The Morgan fingerprint density at radius 3 is 2.42 bits per heavy atom. The van der Waals surface area contributed by atoms with Gasteiger partial charge in [-0.25, -0.2) is 9.55 Å². The van der Waals surface area contributed by atoms with Crippen LogP contribution in [0.15, 0.2) is 6.20 Å². The van der Waals surface area contributed by atoms with Crippen molar-refractivity contribution in [2.45, 2.75) is 71.4 Å². The van der Waals surface area contributed by atoms with Gasteiger partial charge >= 0.3 is 5.82 Å². The number of hydrogen-bond acceptors (Lipinski definition) is 4. The number of aryl methyl sites for hydroxylation is 1. The van der Waals surface area contributed by atoms with E-state index in [0.29, 0.717) is 5.82 Å². The zero-order valence-electron chi connectivity index (χ0n) is 15.6. The second-order valence-electron chi connectivity index (χ2n) is 8.82. The zero-order valence-corrected chi connectivity index (χ0v) is 15.6. The van der Waals surface area contributed by atoms with Crippen LogP contribution in [0, 0.1) is 40.2 Å². The number of carbonyl (C=O) groups is 1. The van der Waals surface area contributed by atoms with E-state index in [1.807, 2.05) is 0 Å². The zero-order chi connectivity index (χ0) is 18.5. The molecule has 1 heterocycles. The molecule has 4 aliphatic carbocycles. The Balaban J connectivity index is 1.48. The van der Waals surface area contributed by atoms with E-state index in [4.69, 9.17) is 0 Å². The second-order valence-corrected chi connectivity index (χ2v) is 8.82. The van der Waals surface area contributed by atoms with Crippen LogP contribution >= 0.6 is 0 Å². The fraction of sp³-hybridized carbons (Fsp3) is 0.789. The van der Waals surface area contributed by atoms with Crippen LogP contribution < -0.4 is 5.32 Å². The van der Waals surface area contributed by atoms with Crippen molar-refractivity contribution in [1.82, 2.24) is 14.9 Å². The second kappa shape index (κ2) is 6.35. The highest BCUT2D eigenvalue weighted by Gasteiger charge is 2.54. The lowest BCUT2D eigenvalue weighted by atomic mass is 9.47. The molecule has 1 atom stereocenters. The van der Waals surface area contributed by atoms with Crippen molar-refractivity contribution < 1.29 is 9.72 Å². The summed E-state index contributed by atoms with van der Waals surface area (Å²) in [4.78, 5) is 27.4. The highest BCUT2D eigenvalue weighted by molar-refractivity contribution is 5.76. The van der Waals surface area contributed by atoms with Gasteiger partial charge in [-0.3, -0.25) is 4.79 Å². The van der Waals surface area contributed by atoms with Gasteiger partial charge in [0, 0.05) is 13.0 Å². The highest BCUT2D eigenvalue weighted by Crippen LogP contribution is 2.61. The van der Waals surface area contributed by atoms with E-state index < -0.39 is 4.92 Å². The smallest absolute Gasteiger partial charge is 0.343 e. The third kappa shape index (κ3) is 2.91. The number of rotatable bonds is 6. The minimum absolute atomic E-state index is 0.0367. The molecule has 4 bridgehead atoms. The van der Waals surface area contributed by atoms with Gasteiger partial charge in [0.2, 0.25) is 0 Å². The van der Waals surface area contributed by atoms with E-state index in [1.54, 1.807) is 6.92 Å². The number of nitro groups is 1. The van der Waals surface area contributed by atoms with Crippen molar-refractivity contribution in [3.63, 3.8) is 0 Å². The van der Waals surface area contributed by atoms with E-state index in [1.165, 1.54) is 49.3 Å². The molecule has 4 fully saturated rings. The van der Waals surface area contributed by atoms with Crippen LogP contribution in [0.1, 0.15) is 57.7 Å². The van der Waals surface area contributed by atoms with Gasteiger partial charge in [-0.1, -0.05) is 6.92 Å². The number of carbonyl (C=O) groups excluding carboxylic acids is 1. The quantitative estimate of drug-likeness (QED) is 0.623. The van der Waals surface area contributed by atoms with E-state index in [-0.39, 0.29) is 29.7 Å². The van der Waals surface area contributed by atoms with E-state index in [9.17, 15) is 14.9 Å². The largest absolute Gasteiger partial charge is 0.358 e. The predicted molar refractivity (Wildman–Crippen MR) is 96.4 cm³/mol. The molecule has 7 heteroatoms. The molecule has 7 nitrogen and oxygen atoms in total. The van der Waals surface area contributed by atoms with Crippen molar-refractivity contribution in [2.75, 3.05) is 0 Å². The Morgan fingerprint density at radius 1 is 1.35 bits per heavy atom. The van der Waals surface area contributed by atoms with Crippen molar-refractivity contribution in [3.05, 3.63) is 22.1 Å². The van der Waals surface area contributed by atoms with Gasteiger partial charge in [-0.05, 0) is 73.0 Å².